The highest BCUT2D eigenvalue weighted by Crippen LogP contribution is 2.32. The van der Waals surface area contributed by atoms with Gasteiger partial charge in [-0.25, -0.2) is 0 Å². The minimum atomic E-state index is -4.40. The van der Waals surface area contributed by atoms with Gasteiger partial charge in [-0.1, -0.05) is 32.0 Å². The molecule has 2 N–H and O–H groups in total. The Morgan fingerprint density at radius 1 is 1.33 bits per heavy atom. The lowest BCUT2D eigenvalue weighted by Crippen LogP contribution is -2.54. The summed E-state index contributed by atoms with van der Waals surface area (Å²) < 4.78 is 38.4. The standard InChI is InChI=1S/C19H25F3N2O3/c1-3-24(11-18(26)27)16-9-15(10-16)23-17(25)7-12(2)13-5-4-6-14(8-13)19(20,21)22/h4-6,8,12,15-16H,3,7,9-11H2,1-2H3,(H,23,25)(H,26,27). The lowest BCUT2D eigenvalue weighted by atomic mass is 9.85. The Labute approximate surface area is 156 Å². The number of hydrogen-bond donors (Lipinski definition) is 2. The van der Waals surface area contributed by atoms with Crippen molar-refractivity contribution in [2.75, 3.05) is 13.1 Å². The molecule has 1 amide bonds. The fraction of sp³-hybridized carbons (Fsp3) is 0.579. The van der Waals surface area contributed by atoms with Gasteiger partial charge in [0.2, 0.25) is 5.91 Å². The van der Waals surface area contributed by atoms with Crippen LogP contribution in [0, 0.1) is 0 Å². The number of carbonyl (C=O) groups is 2. The van der Waals surface area contributed by atoms with Crippen molar-refractivity contribution in [3.63, 3.8) is 0 Å². The molecule has 0 aromatic heterocycles. The van der Waals surface area contributed by atoms with Crippen LogP contribution in [0.2, 0.25) is 0 Å². The van der Waals surface area contributed by atoms with Gasteiger partial charge in [0.15, 0.2) is 0 Å². The lowest BCUT2D eigenvalue weighted by Gasteiger charge is -2.42. The van der Waals surface area contributed by atoms with E-state index in [4.69, 9.17) is 5.11 Å². The number of rotatable bonds is 8. The molecule has 0 spiro atoms. The van der Waals surface area contributed by atoms with Crippen LogP contribution in [0.5, 0.6) is 0 Å². The van der Waals surface area contributed by atoms with Crippen molar-refractivity contribution in [3.05, 3.63) is 35.4 Å². The first kappa shape index (κ1) is 21.2. The second-order valence-electron chi connectivity index (χ2n) is 7.07. The molecule has 1 atom stereocenters. The van der Waals surface area contributed by atoms with E-state index in [2.05, 4.69) is 5.32 Å². The molecular formula is C19H25F3N2O3. The van der Waals surface area contributed by atoms with Crippen LogP contribution in [-0.2, 0) is 15.8 Å². The van der Waals surface area contributed by atoms with Gasteiger partial charge in [0, 0.05) is 18.5 Å². The molecule has 1 saturated carbocycles. The smallest absolute Gasteiger partial charge is 0.416 e. The van der Waals surface area contributed by atoms with E-state index < -0.39 is 17.7 Å². The van der Waals surface area contributed by atoms with Crippen LogP contribution in [0.3, 0.4) is 0 Å². The van der Waals surface area contributed by atoms with Gasteiger partial charge in [-0.05, 0) is 36.9 Å². The summed E-state index contributed by atoms with van der Waals surface area (Å²) in [7, 11) is 0. The van der Waals surface area contributed by atoms with E-state index in [1.165, 1.54) is 6.07 Å². The van der Waals surface area contributed by atoms with E-state index in [0.29, 0.717) is 24.9 Å². The van der Waals surface area contributed by atoms with Gasteiger partial charge in [-0.15, -0.1) is 0 Å². The molecule has 8 heteroatoms. The van der Waals surface area contributed by atoms with E-state index in [1.54, 1.807) is 13.0 Å². The molecule has 1 aliphatic rings. The summed E-state index contributed by atoms with van der Waals surface area (Å²) in [6, 6.07) is 5.17. The Morgan fingerprint density at radius 2 is 2.00 bits per heavy atom. The van der Waals surface area contributed by atoms with Gasteiger partial charge < -0.3 is 10.4 Å². The second-order valence-corrected chi connectivity index (χ2v) is 7.07. The summed E-state index contributed by atoms with van der Waals surface area (Å²) >= 11 is 0. The van der Waals surface area contributed by atoms with Crippen LogP contribution in [-0.4, -0.2) is 47.1 Å². The van der Waals surface area contributed by atoms with Gasteiger partial charge >= 0.3 is 12.1 Å². The Kier molecular flexibility index (Phi) is 6.86. The van der Waals surface area contributed by atoms with E-state index in [0.717, 1.165) is 12.1 Å². The first-order chi connectivity index (χ1) is 12.6. The van der Waals surface area contributed by atoms with Crippen LogP contribution >= 0.6 is 0 Å². The monoisotopic (exact) mass is 386 g/mol. The molecule has 0 heterocycles. The lowest BCUT2D eigenvalue weighted by molar-refractivity contribution is -0.140. The van der Waals surface area contributed by atoms with Crippen LogP contribution in [0.25, 0.3) is 0 Å². The molecule has 1 unspecified atom stereocenters. The average molecular weight is 386 g/mol. The van der Waals surface area contributed by atoms with Crippen LogP contribution < -0.4 is 5.32 Å². The van der Waals surface area contributed by atoms with Crippen LogP contribution in [0.4, 0.5) is 13.2 Å². The van der Waals surface area contributed by atoms with Gasteiger partial charge in [0.05, 0.1) is 12.1 Å². The van der Waals surface area contributed by atoms with Gasteiger partial charge in [0.1, 0.15) is 0 Å². The van der Waals surface area contributed by atoms with Crippen molar-refractivity contribution >= 4 is 11.9 Å². The number of nitrogens with zero attached hydrogens (tertiary/aromatic N) is 1. The maximum atomic E-state index is 12.8. The van der Waals surface area contributed by atoms with E-state index in [9.17, 15) is 22.8 Å². The number of benzene rings is 1. The highest BCUT2D eigenvalue weighted by Gasteiger charge is 2.35. The molecule has 0 radical (unpaired) electrons. The first-order valence-corrected chi connectivity index (χ1v) is 9.02. The van der Waals surface area contributed by atoms with Crippen LogP contribution in [0.15, 0.2) is 24.3 Å². The first-order valence-electron chi connectivity index (χ1n) is 9.02. The molecule has 1 aliphatic carbocycles. The fourth-order valence-electron chi connectivity index (χ4n) is 3.38. The summed E-state index contributed by atoms with van der Waals surface area (Å²) in [5.74, 6) is -1.41. The molecule has 2 rings (SSSR count). The molecule has 0 bridgehead atoms. The van der Waals surface area contributed by atoms with Crippen molar-refractivity contribution in [1.82, 2.24) is 10.2 Å². The largest absolute Gasteiger partial charge is 0.480 e. The topological polar surface area (TPSA) is 69.6 Å². The minimum Gasteiger partial charge on any atom is -0.480 e. The zero-order valence-corrected chi connectivity index (χ0v) is 15.4. The fourth-order valence-corrected chi connectivity index (χ4v) is 3.38. The average Bonchev–Trinajstić information content (AvgIpc) is 2.55. The number of carboxylic acid groups (broad SMARTS) is 1. The van der Waals surface area contributed by atoms with E-state index in [-0.39, 0.29) is 36.9 Å². The number of carboxylic acids is 1. The quantitative estimate of drug-likeness (QED) is 0.720. The molecule has 1 aromatic rings. The summed E-state index contributed by atoms with van der Waals surface area (Å²) in [5.41, 5.74) is -0.239. The predicted octanol–water partition coefficient (Wildman–Crippen LogP) is 3.25. The van der Waals surface area contributed by atoms with Crippen molar-refractivity contribution in [3.8, 4) is 0 Å². The Hall–Kier alpha value is -2.09. The molecule has 150 valence electrons. The Bertz CT molecular complexity index is 672. The second kappa shape index (κ2) is 8.73. The maximum Gasteiger partial charge on any atom is 0.416 e. The number of alkyl halides is 3. The number of halogens is 3. The van der Waals surface area contributed by atoms with Crippen molar-refractivity contribution in [2.24, 2.45) is 0 Å². The third-order valence-corrected chi connectivity index (χ3v) is 5.01. The van der Waals surface area contributed by atoms with E-state index in [1.807, 2.05) is 11.8 Å². The Morgan fingerprint density at radius 3 is 2.56 bits per heavy atom. The van der Waals surface area contributed by atoms with Gasteiger partial charge in [-0.3, -0.25) is 14.5 Å². The molecular weight excluding hydrogens is 361 g/mol. The number of nitrogens with one attached hydrogen (secondary N) is 1. The summed E-state index contributed by atoms with van der Waals surface area (Å²) in [5, 5.41) is 11.8. The van der Waals surface area contributed by atoms with Crippen molar-refractivity contribution in [2.45, 2.75) is 57.3 Å². The van der Waals surface area contributed by atoms with E-state index >= 15 is 0 Å². The third kappa shape index (κ3) is 5.95. The Balaban J connectivity index is 1.82. The number of amides is 1. The number of likely N-dealkylation sites (N-methyl/N-ethyl adjacent to an activating group) is 1. The SMILES string of the molecule is CCN(CC(=O)O)C1CC(NC(=O)CC(C)c2cccc(C(F)(F)F)c2)C1. The maximum absolute atomic E-state index is 12.8. The zero-order chi connectivity index (χ0) is 20.2. The molecule has 1 fully saturated rings. The summed E-state index contributed by atoms with van der Waals surface area (Å²) in [6.45, 7) is 4.23. The molecule has 0 aliphatic heterocycles. The predicted molar refractivity (Wildman–Crippen MR) is 94.3 cm³/mol. The highest BCUT2D eigenvalue weighted by molar-refractivity contribution is 5.77. The minimum absolute atomic E-state index is 0.0148. The van der Waals surface area contributed by atoms with Crippen molar-refractivity contribution < 1.29 is 27.9 Å². The molecule has 1 aromatic carbocycles. The molecule has 5 nitrogen and oxygen atoms in total. The normalized spacial score (nSPS) is 20.8. The van der Waals surface area contributed by atoms with Crippen LogP contribution in [0.1, 0.15) is 50.2 Å². The van der Waals surface area contributed by atoms with Crippen molar-refractivity contribution in [1.29, 1.82) is 0 Å². The highest BCUT2D eigenvalue weighted by atomic mass is 19.4. The third-order valence-electron chi connectivity index (χ3n) is 5.01. The summed E-state index contributed by atoms with van der Waals surface area (Å²) in [6.07, 6.45) is -2.93. The van der Waals surface area contributed by atoms with Gasteiger partial charge in [-0.2, -0.15) is 13.2 Å². The number of hydrogen-bond acceptors (Lipinski definition) is 3. The number of carbonyl (C=O) groups excluding carboxylic acids is 1. The number of aliphatic carboxylic acids is 1. The summed E-state index contributed by atoms with van der Waals surface area (Å²) in [4.78, 5) is 24.9. The zero-order valence-electron chi connectivity index (χ0n) is 15.4. The molecule has 27 heavy (non-hydrogen) atoms. The van der Waals surface area contributed by atoms with Gasteiger partial charge in [0.25, 0.3) is 0 Å². The molecule has 0 saturated heterocycles.